The number of rotatable bonds is 3. The Bertz CT molecular complexity index is 291. The van der Waals surface area contributed by atoms with E-state index in [4.69, 9.17) is 17.4 Å². The number of hydrogen-bond acceptors (Lipinski definition) is 2. The van der Waals surface area contributed by atoms with Crippen molar-refractivity contribution in [1.29, 1.82) is 0 Å². The first-order chi connectivity index (χ1) is 6.13. The fraction of sp³-hybridized carbons (Fsp3) is 0.333. The second-order valence-corrected chi connectivity index (χ2v) is 3.41. The zero-order valence-electron chi connectivity index (χ0n) is 7.35. The lowest BCUT2D eigenvalue weighted by molar-refractivity contribution is 0.566. The van der Waals surface area contributed by atoms with Crippen LogP contribution < -0.4 is 11.3 Å². The molecule has 1 aromatic rings. The number of hydrazine groups is 1. The number of hydrogen-bond donors (Lipinski definition) is 2. The Balaban J connectivity index is 2.77. The van der Waals surface area contributed by atoms with Crippen molar-refractivity contribution in [3.05, 3.63) is 34.6 Å². The van der Waals surface area contributed by atoms with Crippen molar-refractivity contribution < 1.29 is 4.39 Å². The van der Waals surface area contributed by atoms with Gasteiger partial charge in [-0.1, -0.05) is 17.7 Å². The third kappa shape index (κ3) is 2.95. The predicted octanol–water partition coefficient (Wildman–Crippen LogP) is 1.87. The molecule has 0 heterocycles. The molecule has 0 aliphatic heterocycles. The van der Waals surface area contributed by atoms with Gasteiger partial charge in [0.25, 0.3) is 0 Å². The van der Waals surface area contributed by atoms with Gasteiger partial charge in [0.05, 0.1) is 0 Å². The molecule has 0 aliphatic carbocycles. The molecule has 0 radical (unpaired) electrons. The van der Waals surface area contributed by atoms with Crippen LogP contribution in [0.4, 0.5) is 4.39 Å². The van der Waals surface area contributed by atoms with E-state index in [9.17, 15) is 4.39 Å². The summed E-state index contributed by atoms with van der Waals surface area (Å²) in [6, 6.07) is 4.50. The van der Waals surface area contributed by atoms with Crippen molar-refractivity contribution in [3.8, 4) is 0 Å². The second-order valence-electron chi connectivity index (χ2n) is 3.01. The van der Waals surface area contributed by atoms with Gasteiger partial charge in [-0.3, -0.25) is 11.3 Å². The van der Waals surface area contributed by atoms with Crippen molar-refractivity contribution in [2.75, 3.05) is 0 Å². The quantitative estimate of drug-likeness (QED) is 0.580. The van der Waals surface area contributed by atoms with Crippen molar-refractivity contribution in [2.45, 2.75) is 19.4 Å². The molecule has 13 heavy (non-hydrogen) atoms. The minimum absolute atomic E-state index is 0.128. The van der Waals surface area contributed by atoms with Gasteiger partial charge < -0.3 is 0 Å². The molecule has 0 saturated heterocycles. The van der Waals surface area contributed by atoms with Crippen LogP contribution in [-0.4, -0.2) is 6.04 Å². The molecule has 2 nitrogen and oxygen atoms in total. The van der Waals surface area contributed by atoms with Crippen molar-refractivity contribution >= 4 is 11.6 Å². The van der Waals surface area contributed by atoms with Crippen LogP contribution in [0.5, 0.6) is 0 Å². The monoisotopic (exact) mass is 202 g/mol. The molecule has 1 aromatic carbocycles. The molecule has 0 amide bonds. The van der Waals surface area contributed by atoms with Gasteiger partial charge in [0.15, 0.2) is 0 Å². The van der Waals surface area contributed by atoms with Crippen LogP contribution in [0.1, 0.15) is 12.5 Å². The highest BCUT2D eigenvalue weighted by Crippen LogP contribution is 2.18. The van der Waals surface area contributed by atoms with Gasteiger partial charge >= 0.3 is 0 Å². The first-order valence-corrected chi connectivity index (χ1v) is 4.41. The SMILES string of the molecule is CC(Cc1ccc(F)cc1Cl)NN. The highest BCUT2D eigenvalue weighted by atomic mass is 35.5. The van der Waals surface area contributed by atoms with Gasteiger partial charge in [-0.05, 0) is 31.0 Å². The molecule has 3 N–H and O–H groups in total. The summed E-state index contributed by atoms with van der Waals surface area (Å²) in [5.41, 5.74) is 3.50. The minimum Gasteiger partial charge on any atom is -0.271 e. The molecule has 72 valence electrons. The zero-order valence-corrected chi connectivity index (χ0v) is 8.11. The van der Waals surface area contributed by atoms with Crippen LogP contribution >= 0.6 is 11.6 Å². The van der Waals surface area contributed by atoms with E-state index in [1.54, 1.807) is 6.07 Å². The summed E-state index contributed by atoms with van der Waals surface area (Å²) in [5, 5.41) is 0.446. The van der Waals surface area contributed by atoms with E-state index in [-0.39, 0.29) is 11.9 Å². The maximum absolute atomic E-state index is 12.6. The van der Waals surface area contributed by atoms with E-state index < -0.39 is 0 Å². The second kappa shape index (κ2) is 4.56. The number of halogens is 2. The van der Waals surface area contributed by atoms with E-state index in [1.807, 2.05) is 6.92 Å². The Labute approximate surface area is 81.9 Å². The standard InChI is InChI=1S/C9H12ClFN2/c1-6(13-12)4-7-2-3-8(11)5-9(7)10/h2-3,5-6,13H,4,12H2,1H3. The highest BCUT2D eigenvalue weighted by Gasteiger charge is 2.05. The lowest BCUT2D eigenvalue weighted by Crippen LogP contribution is -2.34. The molecule has 1 rings (SSSR count). The summed E-state index contributed by atoms with van der Waals surface area (Å²) >= 11 is 5.82. The van der Waals surface area contributed by atoms with Crippen LogP contribution in [0.3, 0.4) is 0 Å². The lowest BCUT2D eigenvalue weighted by atomic mass is 10.1. The van der Waals surface area contributed by atoms with E-state index in [2.05, 4.69) is 5.43 Å². The molecule has 1 atom stereocenters. The first kappa shape index (κ1) is 10.4. The molecule has 0 fully saturated rings. The Hall–Kier alpha value is -0.640. The number of benzene rings is 1. The number of nitrogens with two attached hydrogens (primary N) is 1. The van der Waals surface area contributed by atoms with Gasteiger partial charge in [-0.15, -0.1) is 0 Å². The fourth-order valence-electron chi connectivity index (χ4n) is 1.08. The fourth-order valence-corrected chi connectivity index (χ4v) is 1.32. The van der Waals surface area contributed by atoms with Crippen molar-refractivity contribution in [2.24, 2.45) is 5.84 Å². The first-order valence-electron chi connectivity index (χ1n) is 4.03. The van der Waals surface area contributed by atoms with Crippen LogP contribution in [-0.2, 0) is 6.42 Å². The molecule has 0 saturated carbocycles. The third-order valence-electron chi connectivity index (χ3n) is 1.83. The largest absolute Gasteiger partial charge is 0.271 e. The maximum atomic E-state index is 12.6. The molecule has 1 unspecified atom stereocenters. The summed E-state index contributed by atoms with van der Waals surface area (Å²) in [7, 11) is 0. The van der Waals surface area contributed by atoms with Gasteiger partial charge in [0, 0.05) is 11.1 Å². The van der Waals surface area contributed by atoms with Crippen molar-refractivity contribution in [1.82, 2.24) is 5.43 Å². The van der Waals surface area contributed by atoms with Gasteiger partial charge in [-0.25, -0.2) is 4.39 Å². The molecule has 0 spiro atoms. The summed E-state index contributed by atoms with van der Waals surface area (Å²) in [5.74, 6) is 4.92. The van der Waals surface area contributed by atoms with Crippen LogP contribution in [0.15, 0.2) is 18.2 Å². The summed E-state index contributed by atoms with van der Waals surface area (Å²) in [6.45, 7) is 1.93. The summed E-state index contributed by atoms with van der Waals surface area (Å²) < 4.78 is 12.6. The van der Waals surface area contributed by atoms with E-state index in [0.29, 0.717) is 11.4 Å². The van der Waals surface area contributed by atoms with Gasteiger partial charge in [-0.2, -0.15) is 0 Å². The van der Waals surface area contributed by atoms with E-state index in [0.717, 1.165) is 5.56 Å². The van der Waals surface area contributed by atoms with Gasteiger partial charge in [0.1, 0.15) is 5.82 Å². The molecular formula is C9H12ClFN2. The molecule has 4 heteroatoms. The Morgan fingerprint density at radius 3 is 2.85 bits per heavy atom. The van der Waals surface area contributed by atoms with Gasteiger partial charge in [0.2, 0.25) is 0 Å². The lowest BCUT2D eigenvalue weighted by Gasteiger charge is -2.10. The summed E-state index contributed by atoms with van der Waals surface area (Å²) in [4.78, 5) is 0. The molecule has 0 bridgehead atoms. The number of nitrogens with one attached hydrogen (secondary N) is 1. The van der Waals surface area contributed by atoms with Crippen molar-refractivity contribution in [3.63, 3.8) is 0 Å². The van der Waals surface area contributed by atoms with Crippen LogP contribution in [0.2, 0.25) is 5.02 Å². The topological polar surface area (TPSA) is 38.0 Å². The summed E-state index contributed by atoms with van der Waals surface area (Å²) in [6.07, 6.45) is 0.690. The molecular weight excluding hydrogens is 191 g/mol. The predicted molar refractivity (Wildman–Crippen MR) is 51.9 cm³/mol. The van der Waals surface area contributed by atoms with E-state index >= 15 is 0 Å². The third-order valence-corrected chi connectivity index (χ3v) is 2.18. The maximum Gasteiger partial charge on any atom is 0.124 e. The average Bonchev–Trinajstić information content (AvgIpc) is 2.09. The van der Waals surface area contributed by atoms with E-state index in [1.165, 1.54) is 12.1 Å². The molecule has 0 aromatic heterocycles. The smallest absolute Gasteiger partial charge is 0.124 e. The zero-order chi connectivity index (χ0) is 9.84. The Morgan fingerprint density at radius 1 is 1.62 bits per heavy atom. The van der Waals surface area contributed by atoms with Crippen LogP contribution in [0, 0.1) is 5.82 Å². The Morgan fingerprint density at radius 2 is 2.31 bits per heavy atom. The average molecular weight is 203 g/mol. The normalized spacial score (nSPS) is 12.9. The molecule has 0 aliphatic rings. The Kier molecular flexibility index (Phi) is 3.66. The highest BCUT2D eigenvalue weighted by molar-refractivity contribution is 6.31. The van der Waals surface area contributed by atoms with Crippen LogP contribution in [0.25, 0.3) is 0 Å². The minimum atomic E-state index is -0.317.